The van der Waals surface area contributed by atoms with Crippen molar-refractivity contribution in [2.75, 3.05) is 18.8 Å². The Kier molecular flexibility index (Phi) is 4.62. The van der Waals surface area contributed by atoms with Crippen LogP contribution in [0.4, 0.5) is 10.6 Å². The highest BCUT2D eigenvalue weighted by Crippen LogP contribution is 2.29. The van der Waals surface area contributed by atoms with Crippen molar-refractivity contribution in [3.05, 3.63) is 53.7 Å². The van der Waals surface area contributed by atoms with Gasteiger partial charge in [0.05, 0.1) is 5.69 Å². The third-order valence-corrected chi connectivity index (χ3v) is 4.91. The predicted molar refractivity (Wildman–Crippen MR) is 100 cm³/mol. The predicted octanol–water partition coefficient (Wildman–Crippen LogP) is 2.53. The number of carbonyl (C=O) groups is 1. The minimum atomic E-state index is -0.296. The van der Waals surface area contributed by atoms with Crippen LogP contribution in [0.1, 0.15) is 35.8 Å². The summed E-state index contributed by atoms with van der Waals surface area (Å²) in [7, 11) is 0. The van der Waals surface area contributed by atoms with Gasteiger partial charge in [-0.2, -0.15) is 5.10 Å². The van der Waals surface area contributed by atoms with E-state index in [1.165, 1.54) is 6.33 Å². The summed E-state index contributed by atoms with van der Waals surface area (Å²) in [6, 6.07) is 9.68. The number of fused-ring (bicyclic) bond motifs is 1. The van der Waals surface area contributed by atoms with Crippen LogP contribution >= 0.6 is 0 Å². The molecule has 0 radical (unpaired) electrons. The van der Waals surface area contributed by atoms with Crippen molar-refractivity contribution in [1.29, 1.82) is 0 Å². The number of imidazole rings is 1. The maximum absolute atomic E-state index is 12.5. The number of ether oxygens (including phenoxy) is 1. The highest BCUT2D eigenvalue weighted by atomic mass is 16.6. The molecule has 1 aliphatic rings. The van der Waals surface area contributed by atoms with Crippen molar-refractivity contribution in [1.82, 2.24) is 24.5 Å². The molecular weight excluding hydrogens is 344 g/mol. The minimum Gasteiger partial charge on any atom is -0.445 e. The van der Waals surface area contributed by atoms with Gasteiger partial charge >= 0.3 is 6.09 Å². The molecule has 1 aromatic carbocycles. The highest BCUT2D eigenvalue weighted by Gasteiger charge is 2.29. The smallest absolute Gasteiger partial charge is 0.410 e. The van der Waals surface area contributed by atoms with Crippen molar-refractivity contribution >= 4 is 17.4 Å². The summed E-state index contributed by atoms with van der Waals surface area (Å²) in [5.74, 6) is 1.31. The molecule has 140 valence electrons. The summed E-state index contributed by atoms with van der Waals surface area (Å²) in [6.45, 7) is 3.41. The van der Waals surface area contributed by atoms with E-state index in [2.05, 4.69) is 15.1 Å². The molecule has 27 heavy (non-hydrogen) atoms. The number of rotatable bonds is 3. The second-order valence-electron chi connectivity index (χ2n) is 6.79. The van der Waals surface area contributed by atoms with Crippen molar-refractivity contribution in [3.63, 3.8) is 0 Å². The zero-order chi connectivity index (χ0) is 18.8. The number of benzene rings is 1. The number of anilines is 1. The van der Waals surface area contributed by atoms with Crippen LogP contribution in [0, 0.1) is 6.92 Å². The maximum atomic E-state index is 12.5. The Bertz CT molecular complexity index is 955. The van der Waals surface area contributed by atoms with Gasteiger partial charge in [-0.25, -0.2) is 19.3 Å². The zero-order valence-corrected chi connectivity index (χ0v) is 15.2. The lowest BCUT2D eigenvalue weighted by atomic mass is 9.98. The lowest BCUT2D eigenvalue weighted by Gasteiger charge is -2.31. The molecule has 3 aromatic rings. The molecule has 1 atom stereocenters. The number of piperidine rings is 1. The first-order chi connectivity index (χ1) is 13.1. The normalized spacial score (nSPS) is 17.2. The number of amides is 1. The molecule has 8 nitrogen and oxygen atoms in total. The Morgan fingerprint density at radius 3 is 2.96 bits per heavy atom. The van der Waals surface area contributed by atoms with Crippen LogP contribution in [0.3, 0.4) is 0 Å². The Morgan fingerprint density at radius 1 is 1.33 bits per heavy atom. The first-order valence-electron chi connectivity index (χ1n) is 9.05. The fourth-order valence-electron chi connectivity index (χ4n) is 3.58. The van der Waals surface area contributed by atoms with Crippen LogP contribution in [0.15, 0.2) is 36.7 Å². The van der Waals surface area contributed by atoms with Crippen molar-refractivity contribution in [2.24, 2.45) is 0 Å². The van der Waals surface area contributed by atoms with Crippen molar-refractivity contribution in [3.8, 4) is 0 Å². The summed E-state index contributed by atoms with van der Waals surface area (Å²) < 4.78 is 7.23. The number of nitrogen functional groups attached to an aromatic ring is 1. The van der Waals surface area contributed by atoms with E-state index in [1.807, 2.05) is 37.3 Å². The quantitative estimate of drug-likeness (QED) is 0.765. The van der Waals surface area contributed by atoms with E-state index in [1.54, 1.807) is 9.42 Å². The molecule has 0 saturated carbocycles. The molecular formula is C19H22N6O2. The Morgan fingerprint density at radius 2 is 2.15 bits per heavy atom. The number of nitrogens with zero attached hydrogens (tertiary/aromatic N) is 5. The number of carbonyl (C=O) groups excluding carboxylic acids is 1. The fraction of sp³-hybridized carbons (Fsp3) is 0.368. The van der Waals surface area contributed by atoms with Crippen molar-refractivity contribution in [2.45, 2.75) is 32.3 Å². The SMILES string of the molecule is Cc1nc([C@@H]2CCCN(C(=O)OCc3ccccc3)C2)n2ncnc(N)c12. The average Bonchev–Trinajstić information content (AvgIpc) is 3.05. The second kappa shape index (κ2) is 7.22. The fourth-order valence-corrected chi connectivity index (χ4v) is 3.58. The average molecular weight is 366 g/mol. The number of hydrogen-bond donors (Lipinski definition) is 1. The van der Waals surface area contributed by atoms with E-state index in [9.17, 15) is 4.79 Å². The Hall–Kier alpha value is -3.16. The number of likely N-dealkylation sites (tertiary alicyclic amines) is 1. The van der Waals surface area contributed by atoms with Gasteiger partial charge in [-0.15, -0.1) is 0 Å². The van der Waals surface area contributed by atoms with Crippen LogP contribution in [0.5, 0.6) is 0 Å². The van der Waals surface area contributed by atoms with Crippen LogP contribution in [0.25, 0.3) is 5.52 Å². The Labute approximate surface area is 157 Å². The summed E-state index contributed by atoms with van der Waals surface area (Å²) in [5, 5.41) is 4.31. The largest absolute Gasteiger partial charge is 0.445 e. The monoisotopic (exact) mass is 366 g/mol. The van der Waals surface area contributed by atoms with Gasteiger partial charge in [-0.1, -0.05) is 30.3 Å². The summed E-state index contributed by atoms with van der Waals surface area (Å²) in [5.41, 5.74) is 8.48. The van der Waals surface area contributed by atoms with Gasteiger partial charge < -0.3 is 15.4 Å². The number of nitrogens with two attached hydrogens (primary N) is 1. The maximum Gasteiger partial charge on any atom is 0.410 e. The van der Waals surface area contributed by atoms with E-state index in [4.69, 9.17) is 10.5 Å². The van der Waals surface area contributed by atoms with E-state index in [0.717, 1.165) is 35.4 Å². The van der Waals surface area contributed by atoms with Crippen LogP contribution in [-0.4, -0.2) is 43.7 Å². The number of aromatic nitrogens is 4. The highest BCUT2D eigenvalue weighted by molar-refractivity contribution is 5.69. The standard InChI is InChI=1S/C19H22N6O2/c1-13-16-17(20)21-12-22-25(16)18(23-13)15-8-5-9-24(10-15)19(26)27-11-14-6-3-2-4-7-14/h2-4,6-7,12,15H,5,8-11H2,1H3,(H2,20,21,22)/t15-/m1/s1. The molecule has 3 heterocycles. The molecule has 1 fully saturated rings. The number of hydrogen-bond acceptors (Lipinski definition) is 6. The van der Waals surface area contributed by atoms with Crippen LogP contribution in [0.2, 0.25) is 0 Å². The summed E-state index contributed by atoms with van der Waals surface area (Å²) in [6.07, 6.45) is 2.96. The molecule has 1 amide bonds. The van der Waals surface area contributed by atoms with Gasteiger partial charge in [0.15, 0.2) is 5.82 Å². The van der Waals surface area contributed by atoms with E-state index in [0.29, 0.717) is 18.9 Å². The summed E-state index contributed by atoms with van der Waals surface area (Å²) >= 11 is 0. The lowest BCUT2D eigenvalue weighted by molar-refractivity contribution is 0.0852. The van der Waals surface area contributed by atoms with Gasteiger partial charge in [0, 0.05) is 19.0 Å². The molecule has 2 aromatic heterocycles. The molecule has 0 unspecified atom stereocenters. The topological polar surface area (TPSA) is 98.6 Å². The van der Waals surface area contributed by atoms with E-state index in [-0.39, 0.29) is 18.6 Å². The molecule has 1 aliphatic heterocycles. The van der Waals surface area contributed by atoms with Gasteiger partial charge in [0.25, 0.3) is 0 Å². The summed E-state index contributed by atoms with van der Waals surface area (Å²) in [4.78, 5) is 23.0. The second-order valence-corrected chi connectivity index (χ2v) is 6.79. The Balaban J connectivity index is 1.48. The molecule has 0 aliphatic carbocycles. The molecule has 1 saturated heterocycles. The third-order valence-electron chi connectivity index (χ3n) is 4.91. The van der Waals surface area contributed by atoms with Gasteiger partial charge in [0.1, 0.15) is 24.3 Å². The van der Waals surface area contributed by atoms with Crippen LogP contribution in [-0.2, 0) is 11.3 Å². The van der Waals surface area contributed by atoms with Gasteiger partial charge in [0.2, 0.25) is 0 Å². The first-order valence-corrected chi connectivity index (χ1v) is 9.05. The zero-order valence-electron chi connectivity index (χ0n) is 15.2. The van der Waals surface area contributed by atoms with Gasteiger partial charge in [-0.05, 0) is 25.3 Å². The van der Waals surface area contributed by atoms with Gasteiger partial charge in [-0.3, -0.25) is 0 Å². The molecule has 2 N–H and O–H groups in total. The molecule has 0 spiro atoms. The minimum absolute atomic E-state index is 0.0820. The van der Waals surface area contributed by atoms with E-state index < -0.39 is 0 Å². The molecule has 8 heteroatoms. The lowest BCUT2D eigenvalue weighted by Crippen LogP contribution is -2.39. The van der Waals surface area contributed by atoms with E-state index >= 15 is 0 Å². The molecule has 0 bridgehead atoms. The molecule has 4 rings (SSSR count). The van der Waals surface area contributed by atoms with Crippen LogP contribution < -0.4 is 5.73 Å². The third kappa shape index (κ3) is 3.42. The van der Waals surface area contributed by atoms with Crippen molar-refractivity contribution < 1.29 is 9.53 Å². The first kappa shape index (κ1) is 17.3. The number of aryl methyl sites for hydroxylation is 1.